The first-order chi connectivity index (χ1) is 10.1. The number of ether oxygens (including phenoxy) is 1. The molecule has 0 unspecified atom stereocenters. The van der Waals surface area contributed by atoms with Crippen molar-refractivity contribution in [1.82, 2.24) is 0 Å². The second-order valence-electron chi connectivity index (χ2n) is 4.46. The highest BCUT2D eigenvalue weighted by Crippen LogP contribution is 2.12. The third kappa shape index (κ3) is 6.08. The second kappa shape index (κ2) is 8.74. The summed E-state index contributed by atoms with van der Waals surface area (Å²) < 4.78 is 4.80. The van der Waals surface area contributed by atoms with Crippen molar-refractivity contribution in [2.75, 3.05) is 11.9 Å². The molecule has 0 spiro atoms. The summed E-state index contributed by atoms with van der Waals surface area (Å²) in [6.07, 6.45) is 5.76. The molecular weight excluding hydrogens is 266 g/mol. The average molecular weight is 287 g/mol. The lowest BCUT2D eigenvalue weighted by atomic mass is 10.2. The van der Waals surface area contributed by atoms with Crippen LogP contribution in [-0.4, -0.2) is 18.5 Å². The zero-order valence-corrected chi connectivity index (χ0v) is 12.7. The van der Waals surface area contributed by atoms with Gasteiger partial charge in [0.15, 0.2) is 0 Å². The Balaban J connectivity index is 2.64. The number of benzene rings is 1. The molecule has 0 aromatic heterocycles. The normalized spacial score (nSPS) is 11.5. The molecule has 4 heteroatoms. The Kier molecular flexibility index (Phi) is 6.95. The molecule has 0 radical (unpaired) electrons. The molecule has 0 heterocycles. The number of rotatable bonds is 6. The fourth-order valence-corrected chi connectivity index (χ4v) is 1.66. The van der Waals surface area contributed by atoms with E-state index in [0.29, 0.717) is 12.2 Å². The van der Waals surface area contributed by atoms with Crippen LogP contribution in [0.15, 0.2) is 42.0 Å². The molecule has 0 saturated carbocycles. The van der Waals surface area contributed by atoms with Crippen molar-refractivity contribution in [2.45, 2.75) is 27.2 Å². The Labute approximate surface area is 125 Å². The minimum atomic E-state index is -0.366. The van der Waals surface area contributed by atoms with Crippen LogP contribution in [0.4, 0.5) is 5.69 Å². The Morgan fingerprint density at radius 1 is 1.19 bits per heavy atom. The molecule has 0 atom stereocenters. The van der Waals surface area contributed by atoms with Crippen molar-refractivity contribution in [3.8, 4) is 0 Å². The van der Waals surface area contributed by atoms with E-state index in [9.17, 15) is 9.59 Å². The van der Waals surface area contributed by atoms with E-state index >= 15 is 0 Å². The van der Waals surface area contributed by atoms with Crippen LogP contribution in [-0.2, 0) is 14.3 Å². The summed E-state index contributed by atoms with van der Waals surface area (Å²) in [5.41, 5.74) is 2.28. The zero-order valence-electron chi connectivity index (χ0n) is 12.7. The van der Waals surface area contributed by atoms with Gasteiger partial charge in [0.2, 0.25) is 0 Å². The molecule has 1 amide bonds. The maximum atomic E-state index is 11.8. The van der Waals surface area contributed by atoms with E-state index in [2.05, 4.69) is 5.32 Å². The van der Waals surface area contributed by atoms with Crippen molar-refractivity contribution in [3.05, 3.63) is 47.6 Å². The van der Waals surface area contributed by atoms with Crippen LogP contribution < -0.4 is 5.32 Å². The van der Waals surface area contributed by atoms with Gasteiger partial charge in [-0.25, -0.2) is 4.79 Å². The lowest BCUT2D eigenvalue weighted by Crippen LogP contribution is -2.12. The lowest BCUT2D eigenvalue weighted by Gasteiger charge is -2.05. The number of amides is 1. The van der Waals surface area contributed by atoms with E-state index in [1.165, 1.54) is 6.08 Å². The van der Waals surface area contributed by atoms with Gasteiger partial charge in [-0.05, 0) is 44.0 Å². The lowest BCUT2D eigenvalue weighted by molar-refractivity contribution is -0.137. The van der Waals surface area contributed by atoms with Gasteiger partial charge >= 0.3 is 5.97 Å². The summed E-state index contributed by atoms with van der Waals surface area (Å²) in [6, 6.07) is 7.23. The first-order valence-electron chi connectivity index (χ1n) is 6.99. The van der Waals surface area contributed by atoms with Crippen molar-refractivity contribution < 1.29 is 14.3 Å². The first kappa shape index (κ1) is 16.7. The van der Waals surface area contributed by atoms with Crippen LogP contribution in [0.25, 0.3) is 6.08 Å². The number of hydrogen-bond acceptors (Lipinski definition) is 3. The Bertz CT molecular complexity index is 542. The van der Waals surface area contributed by atoms with Crippen molar-refractivity contribution in [1.29, 1.82) is 0 Å². The molecule has 0 aliphatic rings. The van der Waals surface area contributed by atoms with Crippen LogP contribution in [0, 0.1) is 0 Å². The third-order valence-electron chi connectivity index (χ3n) is 2.74. The van der Waals surface area contributed by atoms with E-state index in [4.69, 9.17) is 4.74 Å². The first-order valence-corrected chi connectivity index (χ1v) is 6.99. The SMILES string of the molecule is CC/C=C(\C)C(=O)Nc1ccc(/C=C/C(=O)OCC)cc1. The van der Waals surface area contributed by atoms with E-state index < -0.39 is 0 Å². The number of allylic oxidation sites excluding steroid dienone is 1. The van der Waals surface area contributed by atoms with Gasteiger partial charge in [0.05, 0.1) is 6.61 Å². The minimum absolute atomic E-state index is 0.105. The van der Waals surface area contributed by atoms with Crippen LogP contribution >= 0.6 is 0 Å². The summed E-state index contributed by atoms with van der Waals surface area (Å²) in [4.78, 5) is 23.0. The van der Waals surface area contributed by atoms with E-state index in [1.807, 2.05) is 25.1 Å². The molecule has 0 saturated heterocycles. The summed E-state index contributed by atoms with van der Waals surface area (Å²) in [7, 11) is 0. The molecule has 112 valence electrons. The van der Waals surface area contributed by atoms with Crippen molar-refractivity contribution >= 4 is 23.6 Å². The van der Waals surface area contributed by atoms with Crippen molar-refractivity contribution in [3.63, 3.8) is 0 Å². The molecule has 4 nitrogen and oxygen atoms in total. The van der Waals surface area contributed by atoms with Gasteiger partial charge in [-0.1, -0.05) is 25.1 Å². The average Bonchev–Trinajstić information content (AvgIpc) is 2.47. The Morgan fingerprint density at radius 3 is 2.43 bits per heavy atom. The fourth-order valence-electron chi connectivity index (χ4n) is 1.66. The van der Waals surface area contributed by atoms with Gasteiger partial charge in [-0.2, -0.15) is 0 Å². The highest BCUT2D eigenvalue weighted by molar-refractivity contribution is 6.03. The summed E-state index contributed by atoms with van der Waals surface area (Å²) in [5, 5.41) is 2.82. The van der Waals surface area contributed by atoms with Gasteiger partial charge in [-0.3, -0.25) is 4.79 Å². The summed E-state index contributed by atoms with van der Waals surface area (Å²) >= 11 is 0. The Morgan fingerprint density at radius 2 is 1.86 bits per heavy atom. The monoisotopic (exact) mass is 287 g/mol. The number of anilines is 1. The third-order valence-corrected chi connectivity index (χ3v) is 2.74. The maximum Gasteiger partial charge on any atom is 0.330 e. The molecule has 1 aromatic rings. The molecular formula is C17H21NO3. The number of esters is 1. The maximum absolute atomic E-state index is 11.8. The molecule has 21 heavy (non-hydrogen) atoms. The van der Waals surface area contributed by atoms with E-state index in [0.717, 1.165) is 17.7 Å². The van der Waals surface area contributed by atoms with Crippen LogP contribution in [0.5, 0.6) is 0 Å². The van der Waals surface area contributed by atoms with Crippen LogP contribution in [0.1, 0.15) is 32.8 Å². The van der Waals surface area contributed by atoms with Gasteiger partial charge in [0.25, 0.3) is 5.91 Å². The highest BCUT2D eigenvalue weighted by Gasteiger charge is 2.03. The Hall–Kier alpha value is -2.36. The predicted molar refractivity (Wildman–Crippen MR) is 84.8 cm³/mol. The van der Waals surface area contributed by atoms with Gasteiger partial charge in [0, 0.05) is 17.3 Å². The topological polar surface area (TPSA) is 55.4 Å². The molecule has 0 aliphatic carbocycles. The second-order valence-corrected chi connectivity index (χ2v) is 4.46. The zero-order chi connectivity index (χ0) is 15.7. The predicted octanol–water partition coefficient (Wildman–Crippen LogP) is 3.56. The number of nitrogens with one attached hydrogen (secondary N) is 1. The molecule has 1 N–H and O–H groups in total. The highest BCUT2D eigenvalue weighted by atomic mass is 16.5. The smallest absolute Gasteiger partial charge is 0.330 e. The van der Waals surface area contributed by atoms with Crippen LogP contribution in [0.2, 0.25) is 0 Å². The molecule has 1 rings (SSSR count). The summed E-state index contributed by atoms with van der Waals surface area (Å²) in [5.74, 6) is -0.470. The van der Waals surface area contributed by atoms with E-state index in [1.54, 1.807) is 32.1 Å². The summed E-state index contributed by atoms with van der Waals surface area (Å²) in [6.45, 7) is 5.90. The molecule has 0 fully saturated rings. The quantitative estimate of drug-likeness (QED) is 0.643. The molecule has 0 aliphatic heterocycles. The van der Waals surface area contributed by atoms with E-state index in [-0.39, 0.29) is 11.9 Å². The largest absolute Gasteiger partial charge is 0.463 e. The van der Waals surface area contributed by atoms with Crippen LogP contribution in [0.3, 0.4) is 0 Å². The number of carbonyl (C=O) groups excluding carboxylic acids is 2. The number of hydrogen-bond donors (Lipinski definition) is 1. The minimum Gasteiger partial charge on any atom is -0.463 e. The van der Waals surface area contributed by atoms with Gasteiger partial charge < -0.3 is 10.1 Å². The fraction of sp³-hybridized carbons (Fsp3) is 0.294. The van der Waals surface area contributed by atoms with Gasteiger partial charge in [0.1, 0.15) is 0 Å². The number of carbonyl (C=O) groups is 2. The van der Waals surface area contributed by atoms with Crippen molar-refractivity contribution in [2.24, 2.45) is 0 Å². The standard InChI is InChI=1S/C17H21NO3/c1-4-6-13(3)17(20)18-15-10-7-14(8-11-15)9-12-16(19)21-5-2/h6-12H,4-5H2,1-3H3,(H,18,20)/b12-9+,13-6+. The van der Waals surface area contributed by atoms with Gasteiger partial charge in [-0.15, -0.1) is 0 Å². The molecule has 1 aromatic carbocycles. The molecule has 0 bridgehead atoms.